The van der Waals surface area contributed by atoms with Gasteiger partial charge >= 0.3 is 5.97 Å². The normalized spacial score (nSPS) is 40.0. The Morgan fingerprint density at radius 3 is 2.43 bits per heavy atom. The van der Waals surface area contributed by atoms with Gasteiger partial charge in [-0.3, -0.25) is 14.6 Å². The summed E-state index contributed by atoms with van der Waals surface area (Å²) in [5.41, 5.74) is -4.10. The molecule has 12 nitrogen and oxygen atoms in total. The number of carbonyl (C=O) groups is 3. The van der Waals surface area contributed by atoms with Gasteiger partial charge in [0.25, 0.3) is 5.67 Å². The number of ether oxygens (including phenoxy) is 5. The first-order chi connectivity index (χ1) is 25.3. The summed E-state index contributed by atoms with van der Waals surface area (Å²) in [5.74, 6) is -5.66. The molecule has 0 aliphatic carbocycles. The van der Waals surface area contributed by atoms with Gasteiger partial charge in [-0.25, -0.2) is 9.18 Å². The summed E-state index contributed by atoms with van der Waals surface area (Å²) in [7, 11) is 3.69. The molecule has 3 fully saturated rings. The third-order valence-electron chi connectivity index (χ3n) is 11.9. The Kier molecular flexibility index (Phi) is 14.8. The maximum atomic E-state index is 16.9. The van der Waals surface area contributed by atoms with E-state index in [-0.39, 0.29) is 44.0 Å². The van der Waals surface area contributed by atoms with Crippen molar-refractivity contribution in [2.45, 2.75) is 135 Å². The molecule has 4 rings (SSSR count). The summed E-state index contributed by atoms with van der Waals surface area (Å²) in [5, 5.41) is 14.9. The predicted octanol–water partition coefficient (Wildman–Crippen LogP) is 4.26. The van der Waals surface area contributed by atoms with E-state index in [0.717, 1.165) is 12.6 Å². The first-order valence-corrected chi connectivity index (χ1v) is 19.5. The highest BCUT2D eigenvalue weighted by atomic mass is 19.1. The molecule has 0 aromatic carbocycles. The Balaban J connectivity index is 1.75. The van der Waals surface area contributed by atoms with E-state index in [0.29, 0.717) is 31.5 Å². The number of aliphatic hydroxyl groups is 1. The van der Waals surface area contributed by atoms with Crippen molar-refractivity contribution in [3.63, 3.8) is 0 Å². The molecule has 3 saturated heterocycles. The van der Waals surface area contributed by atoms with Crippen LogP contribution in [0.5, 0.6) is 0 Å². The zero-order valence-corrected chi connectivity index (χ0v) is 33.9. The molecule has 0 bridgehead atoms. The number of alkyl halides is 1. The number of aromatic nitrogens is 1. The third-order valence-corrected chi connectivity index (χ3v) is 11.9. The first-order valence-electron chi connectivity index (χ1n) is 19.5. The van der Waals surface area contributed by atoms with E-state index in [1.807, 2.05) is 58.0 Å². The lowest BCUT2D eigenvalue weighted by Gasteiger charge is -2.47. The molecule has 4 heterocycles. The molecule has 1 aromatic rings. The van der Waals surface area contributed by atoms with Gasteiger partial charge < -0.3 is 39.0 Å². The number of nitrogens with zero attached hydrogens (tertiary/aromatic N) is 2. The van der Waals surface area contributed by atoms with Crippen LogP contribution in [0.2, 0.25) is 0 Å². The van der Waals surface area contributed by atoms with Crippen molar-refractivity contribution in [1.29, 1.82) is 0 Å². The molecule has 304 valence electrons. The van der Waals surface area contributed by atoms with E-state index in [9.17, 15) is 19.5 Å². The molecular formula is C41H64FN3O9. The number of nitrogens with one attached hydrogen (secondary N) is 1. The zero-order chi connectivity index (χ0) is 40.2. The van der Waals surface area contributed by atoms with Crippen LogP contribution in [0.4, 0.5) is 4.39 Å². The van der Waals surface area contributed by atoms with Crippen LogP contribution >= 0.6 is 0 Å². The molecule has 13 atom stereocenters. The Morgan fingerprint density at radius 1 is 1.09 bits per heavy atom. The molecule has 7 unspecified atom stereocenters. The fraction of sp³-hybridized carbons (Fsp3) is 0.756. The van der Waals surface area contributed by atoms with Crippen LogP contribution in [0.15, 0.2) is 36.5 Å². The smallest absolute Gasteiger partial charge is 0.351 e. The number of aliphatic hydroxyl groups excluding tert-OH is 1. The number of hydrogen-bond donors (Lipinski definition) is 2. The second-order valence-corrected chi connectivity index (χ2v) is 16.5. The van der Waals surface area contributed by atoms with Gasteiger partial charge in [-0.1, -0.05) is 40.3 Å². The maximum absolute atomic E-state index is 16.9. The quantitative estimate of drug-likeness (QED) is 0.144. The summed E-state index contributed by atoms with van der Waals surface area (Å²) in [4.78, 5) is 48.9. The number of likely N-dealkylation sites (N-methyl/N-ethyl adjacent to an activating group) is 1. The highest BCUT2D eigenvalue weighted by molar-refractivity contribution is 6.07. The Bertz CT molecular complexity index is 1460. The van der Waals surface area contributed by atoms with Crippen LogP contribution in [-0.4, -0.2) is 127 Å². The fourth-order valence-corrected chi connectivity index (χ4v) is 8.90. The number of ketones is 2. The molecule has 54 heavy (non-hydrogen) atoms. The highest BCUT2D eigenvalue weighted by Gasteiger charge is 2.58. The van der Waals surface area contributed by atoms with Crippen LogP contribution in [0, 0.1) is 23.7 Å². The third kappa shape index (κ3) is 9.47. The average molecular weight is 762 g/mol. The van der Waals surface area contributed by atoms with E-state index >= 15 is 4.39 Å². The van der Waals surface area contributed by atoms with Gasteiger partial charge in [0, 0.05) is 61.1 Å². The number of fused-ring (bicyclic) bond motifs is 1. The summed E-state index contributed by atoms with van der Waals surface area (Å²) in [6, 6.07) is 5.40. The van der Waals surface area contributed by atoms with Crippen molar-refractivity contribution >= 4 is 17.5 Å². The molecular weight excluding hydrogens is 697 g/mol. The van der Waals surface area contributed by atoms with E-state index in [4.69, 9.17) is 23.7 Å². The Morgan fingerprint density at radius 2 is 1.80 bits per heavy atom. The summed E-state index contributed by atoms with van der Waals surface area (Å²) < 4.78 is 48.3. The highest BCUT2D eigenvalue weighted by Crippen LogP contribution is 2.47. The number of rotatable bonds is 11. The van der Waals surface area contributed by atoms with Gasteiger partial charge in [0.05, 0.1) is 31.0 Å². The lowest BCUT2D eigenvalue weighted by atomic mass is 9.69. The van der Waals surface area contributed by atoms with Crippen molar-refractivity contribution in [2.75, 3.05) is 40.4 Å². The topological polar surface area (TPSA) is 146 Å². The van der Waals surface area contributed by atoms with Crippen LogP contribution in [0.1, 0.15) is 80.3 Å². The molecule has 0 saturated carbocycles. The van der Waals surface area contributed by atoms with Crippen LogP contribution < -0.4 is 5.32 Å². The van der Waals surface area contributed by atoms with Crippen LogP contribution in [0.3, 0.4) is 0 Å². The van der Waals surface area contributed by atoms with Crippen molar-refractivity contribution in [1.82, 2.24) is 15.2 Å². The van der Waals surface area contributed by atoms with Crippen LogP contribution in [0.25, 0.3) is 0 Å². The van der Waals surface area contributed by atoms with Gasteiger partial charge in [0.2, 0.25) is 0 Å². The summed E-state index contributed by atoms with van der Waals surface area (Å²) in [6.45, 7) is 18.7. The zero-order valence-electron chi connectivity index (χ0n) is 33.9. The Hall–Kier alpha value is -2.65. The molecule has 3 aliphatic heterocycles. The number of pyridine rings is 1. The molecule has 0 amide bonds. The van der Waals surface area contributed by atoms with E-state index < -0.39 is 76.9 Å². The van der Waals surface area contributed by atoms with E-state index in [2.05, 4.69) is 16.9 Å². The lowest BCUT2D eigenvalue weighted by Crippen LogP contribution is -2.61. The maximum Gasteiger partial charge on any atom is 0.351 e. The molecule has 0 spiro atoms. The predicted molar refractivity (Wildman–Crippen MR) is 201 cm³/mol. The molecule has 2 N–H and O–H groups in total. The van der Waals surface area contributed by atoms with Gasteiger partial charge in [-0.2, -0.15) is 0 Å². The number of cyclic esters (lactones) is 1. The molecule has 13 heteroatoms. The minimum atomic E-state index is -3.09. The fourth-order valence-electron chi connectivity index (χ4n) is 8.90. The Labute approximate surface area is 320 Å². The van der Waals surface area contributed by atoms with Crippen LogP contribution in [-0.2, 0) is 44.5 Å². The van der Waals surface area contributed by atoms with Crippen molar-refractivity contribution in [3.05, 3.63) is 42.2 Å². The van der Waals surface area contributed by atoms with Crippen molar-refractivity contribution in [3.8, 4) is 0 Å². The molecule has 1 aromatic heterocycles. The number of Topliss-reactive ketones (excluding diaryl/α,β-unsaturated/α-hetero) is 2. The van der Waals surface area contributed by atoms with Gasteiger partial charge in [0.1, 0.15) is 23.6 Å². The van der Waals surface area contributed by atoms with Crippen molar-refractivity contribution < 1.29 is 47.6 Å². The van der Waals surface area contributed by atoms with Gasteiger partial charge in [-0.15, -0.1) is 0 Å². The summed E-state index contributed by atoms with van der Waals surface area (Å²) in [6.07, 6.45) is -1.66. The standard InChI is InChI=1S/C41H64FN3O9/c1-12-31-41(9)32(25(3)23-51-41)27(5)33(46)24(2)22-39(7,50-20-19-43-18-16-29-15-13-14-17-44-29)36(28(6)35(48)40(8,42)38(49)53-31)54-37-34(47)30(45(10)11)21-26(4)52-37/h13-15,17,24,26-28,30-32,34,36-37,43,47H,3,12,16,18-23H2,1-2,4-11H3/t24?,26-,27?,28-,30?,31?,32?,34-,36+,37+,39?,40?,41+/m0/s1. The minimum absolute atomic E-state index is 0.0727. The van der Waals surface area contributed by atoms with E-state index in [1.54, 1.807) is 27.0 Å². The number of esters is 1. The molecule has 3 aliphatic rings. The monoisotopic (exact) mass is 761 g/mol. The van der Waals surface area contributed by atoms with Crippen molar-refractivity contribution in [2.24, 2.45) is 23.7 Å². The van der Waals surface area contributed by atoms with Gasteiger partial charge in [-0.05, 0) is 78.8 Å². The van der Waals surface area contributed by atoms with Gasteiger partial charge in [0.15, 0.2) is 12.1 Å². The minimum Gasteiger partial charge on any atom is -0.457 e. The molecule has 0 radical (unpaired) electrons. The second kappa shape index (κ2) is 18.1. The first kappa shape index (κ1) is 44.1. The number of hydrogen-bond acceptors (Lipinski definition) is 12. The largest absolute Gasteiger partial charge is 0.457 e. The SMILES string of the molecule is C=C1CO[C@]2(C)C(CC)OC(=O)C(C)(F)C(=O)[C@H](C)[C@@H](O[C@H]3O[C@@H](C)CC(N(C)C)[C@@H]3O)C(C)(OCCNCCc3ccccn3)CC(C)C(=O)C(C)C12. The summed E-state index contributed by atoms with van der Waals surface area (Å²) >= 11 is 0. The second-order valence-electron chi connectivity index (χ2n) is 16.5. The number of carbonyl (C=O) groups excluding carboxylic acids is 3. The lowest BCUT2D eigenvalue weighted by molar-refractivity contribution is -0.297. The number of halogens is 1. The van der Waals surface area contributed by atoms with E-state index in [1.165, 1.54) is 6.92 Å². The average Bonchev–Trinajstić information content (AvgIpc) is 3.44.